The molecule has 0 aromatic rings. The molecule has 0 radical (unpaired) electrons. The van der Waals surface area contributed by atoms with Crippen molar-refractivity contribution < 1.29 is 112 Å². The largest absolute Gasteiger partial charge is 0.481 e. The molecule has 0 aliphatic rings. The van der Waals surface area contributed by atoms with Crippen LogP contribution in [0.4, 0.5) is 0 Å². The molecule has 0 fully saturated rings. The van der Waals surface area contributed by atoms with Crippen LogP contribution in [0.3, 0.4) is 0 Å². The van der Waals surface area contributed by atoms with Crippen molar-refractivity contribution in [2.24, 2.45) is 41.1 Å². The first-order chi connectivity index (χ1) is 45.9. The average Bonchev–Trinajstić information content (AvgIpc) is 0.871. The fraction of sp³-hybridized carbons (Fsp3) is 0.700. The van der Waals surface area contributed by atoms with E-state index in [2.05, 4.69) is 76.4 Å². The maximum Gasteiger partial charge on any atom is 0.326 e. The molecule has 0 unspecified atom stereocenters. The van der Waals surface area contributed by atoms with Gasteiger partial charge in [-0.2, -0.15) is 24.4 Å². The maximum absolute atomic E-state index is 14.2. The van der Waals surface area contributed by atoms with E-state index >= 15 is 0 Å². The second kappa shape index (κ2) is 45.7. The Morgan fingerprint density at radius 2 is 0.687 bits per heavy atom. The third kappa shape index (κ3) is 36.5. The Bertz CT molecular complexity index is 2870. The van der Waals surface area contributed by atoms with Crippen LogP contribution in [0.1, 0.15) is 140 Å². The van der Waals surface area contributed by atoms with Gasteiger partial charge in [-0.05, 0) is 80.1 Å². The maximum atomic E-state index is 14.2. The number of hydrogen-bond donors (Lipinski definition) is 20. The Balaban J connectivity index is 6.74. The third-order valence-electron chi connectivity index (χ3n) is 14.3. The zero-order valence-electron chi connectivity index (χ0n) is 57.3. The van der Waals surface area contributed by atoms with Gasteiger partial charge in [-0.15, -0.1) is 0 Å². The minimum atomic E-state index is -2.00. The minimum Gasteiger partial charge on any atom is -0.481 e. The predicted molar refractivity (Wildman–Crippen MR) is 357 cm³/mol. The van der Waals surface area contributed by atoms with Crippen LogP contribution in [0.15, 0.2) is 0 Å². The summed E-state index contributed by atoms with van der Waals surface area (Å²) in [6.45, 7) is 14.9. The van der Waals surface area contributed by atoms with Gasteiger partial charge in [-0.3, -0.25) is 81.5 Å². The smallest absolute Gasteiger partial charge is 0.326 e. The van der Waals surface area contributed by atoms with Crippen LogP contribution >= 0.6 is 24.4 Å². The van der Waals surface area contributed by atoms with E-state index in [0.717, 1.165) is 0 Å². The van der Waals surface area contributed by atoms with Crippen LogP contribution in [-0.2, 0) is 86.3 Å². The highest BCUT2D eigenvalue weighted by molar-refractivity contribution is 7.98. The van der Waals surface area contributed by atoms with E-state index in [1.165, 1.54) is 39.5 Å². The summed E-state index contributed by atoms with van der Waals surface area (Å²) in [6, 6.07) is -19.4. The lowest BCUT2D eigenvalue weighted by Gasteiger charge is -2.29. The summed E-state index contributed by atoms with van der Waals surface area (Å²) in [7, 11) is 0. The van der Waals surface area contributed by atoms with Gasteiger partial charge in [-0.25, -0.2) is 4.79 Å². The number of carbonyl (C=O) groups excluding carboxylic acids is 13. The predicted octanol–water partition coefficient (Wildman–Crippen LogP) is -4.47. The SMILES string of the molecule is CSCC[C@H](NC(=O)[C@@H](NC(=O)[C@H](CCC(N)=O)NC(=O)CNC(=O)[C@H](CC(=O)O)NC(=O)[C@H](CCC(=O)O)NC(=O)[C@H](CC(C)C)NC(=O)[C@@H](N)CS)C(C)C)C(=O)N[C@@H](CC(=O)O)C(=O)N[C@H](C(=O)N[C@@H](CC(=O)O)C(=O)N[C@@H](CC(C)C)C(=O)N[C@@H](CC(C)C)C(=O)O)C(C)C. The summed E-state index contributed by atoms with van der Waals surface area (Å²) in [5.41, 5.74) is 11.1. The van der Waals surface area contributed by atoms with Crippen LogP contribution in [0.5, 0.6) is 0 Å². The molecular weight excluding hydrogens is 1350 g/mol. The number of nitrogens with one attached hydrogen (secondary N) is 12. The molecule has 0 bridgehead atoms. The number of primary amides is 1. The minimum absolute atomic E-state index is 0.0117. The number of thioether (sulfide) groups is 1. The van der Waals surface area contributed by atoms with Crippen molar-refractivity contribution >= 4 is 131 Å². The number of carboxylic acid groups (broad SMARTS) is 5. The molecule has 21 N–H and O–H groups in total. The molecule has 0 rings (SSSR count). The summed E-state index contributed by atoms with van der Waals surface area (Å²) in [6.07, 6.45) is -4.33. The van der Waals surface area contributed by atoms with E-state index in [1.54, 1.807) is 47.8 Å². The van der Waals surface area contributed by atoms with E-state index in [4.69, 9.17) is 11.5 Å². The standard InChI is InChI=1S/C60H100N14O23S2/c1-26(2)18-35(67-49(85)31(61)25-98)54(90)65-33(13-15-43(77)78)51(87)69-37(21-44(79)80)50(86)63-24-42(76)64-32(12-14-41(62)75)53(89)73-47(29(7)8)58(94)66-34(16-17-99-11)52(88)70-39(23-46(83)84)57(93)74-48(30(9)10)59(95)71-38(22-45(81)82)56(92)68-36(19-27(3)4)55(91)72-40(60(96)97)20-28(5)6/h26-40,47-48,98H,12-25,61H2,1-11H3,(H2,62,75)(H,63,86)(H,64,76)(H,65,90)(H,66,94)(H,67,85)(H,68,92)(H,69,87)(H,70,88)(H,71,95)(H,72,91)(H,73,89)(H,74,93)(H,77,78)(H,79,80)(H,81,82)(H,83,84)(H,96,97)/t31-,32-,33-,34-,35-,36-,37-,38-,39-,40-,47-,48-/m0/s1. The second-order valence-corrected chi connectivity index (χ2v) is 26.7. The number of carbonyl (C=O) groups is 18. The summed E-state index contributed by atoms with van der Waals surface area (Å²) in [5, 5.41) is 76.1. The summed E-state index contributed by atoms with van der Waals surface area (Å²) >= 11 is 5.16. The molecule has 0 aromatic heterocycles. The van der Waals surface area contributed by atoms with Crippen LogP contribution in [-0.4, -0.2) is 229 Å². The zero-order valence-corrected chi connectivity index (χ0v) is 59.0. The lowest BCUT2D eigenvalue weighted by molar-refractivity contribution is -0.144. The fourth-order valence-electron chi connectivity index (χ4n) is 9.21. The van der Waals surface area contributed by atoms with Gasteiger partial charge in [0.1, 0.15) is 66.5 Å². The van der Waals surface area contributed by atoms with E-state index in [9.17, 15) is 112 Å². The molecule has 0 aliphatic heterocycles. The Hall–Kier alpha value is -8.88. The number of amides is 13. The molecule has 0 aliphatic carbocycles. The summed E-state index contributed by atoms with van der Waals surface area (Å²) in [4.78, 5) is 236. The summed E-state index contributed by atoms with van der Waals surface area (Å²) < 4.78 is 0. The van der Waals surface area contributed by atoms with Crippen molar-refractivity contribution in [3.63, 3.8) is 0 Å². The first kappa shape index (κ1) is 90.1. The molecule has 13 amide bonds. The highest BCUT2D eigenvalue weighted by atomic mass is 32.2. The van der Waals surface area contributed by atoms with Gasteiger partial charge in [0, 0.05) is 18.6 Å². The van der Waals surface area contributed by atoms with Crippen molar-refractivity contribution in [2.45, 2.75) is 212 Å². The fourth-order valence-corrected chi connectivity index (χ4v) is 9.84. The molecule has 0 heterocycles. The number of carboxylic acids is 5. The Kier molecular flexibility index (Phi) is 41.6. The van der Waals surface area contributed by atoms with Gasteiger partial charge in [-0.1, -0.05) is 69.2 Å². The van der Waals surface area contributed by atoms with Gasteiger partial charge in [0.15, 0.2) is 0 Å². The van der Waals surface area contributed by atoms with Crippen molar-refractivity contribution in [3.05, 3.63) is 0 Å². The second-order valence-electron chi connectivity index (χ2n) is 25.3. The van der Waals surface area contributed by atoms with Gasteiger partial charge in [0.05, 0.1) is 31.8 Å². The molecule has 0 spiro atoms. The van der Waals surface area contributed by atoms with Crippen LogP contribution in [0, 0.1) is 29.6 Å². The topological polar surface area (TPSA) is 605 Å². The van der Waals surface area contributed by atoms with E-state index in [1.807, 2.05) is 0 Å². The van der Waals surface area contributed by atoms with E-state index < -0.39 is 242 Å². The number of rotatable bonds is 49. The molecule has 560 valence electrons. The molecule has 0 saturated heterocycles. The monoisotopic (exact) mass is 1450 g/mol. The number of hydrogen-bond acceptors (Lipinski definition) is 21. The zero-order chi connectivity index (χ0) is 76.3. The summed E-state index contributed by atoms with van der Waals surface area (Å²) in [5.74, 6) is -24.4. The first-order valence-electron chi connectivity index (χ1n) is 31.8. The molecule has 0 aromatic carbocycles. The number of aliphatic carboxylic acids is 5. The van der Waals surface area contributed by atoms with Gasteiger partial charge in [0.2, 0.25) is 76.8 Å². The lowest BCUT2D eigenvalue weighted by Crippen LogP contribution is -2.61. The molecule has 37 nitrogen and oxygen atoms in total. The molecular formula is C60H100N14O23S2. The van der Waals surface area contributed by atoms with Gasteiger partial charge in [0.25, 0.3) is 0 Å². The normalized spacial score (nSPS) is 14.8. The van der Waals surface area contributed by atoms with Gasteiger partial charge < -0.3 is 101 Å². The van der Waals surface area contributed by atoms with Gasteiger partial charge >= 0.3 is 29.8 Å². The highest BCUT2D eigenvalue weighted by Crippen LogP contribution is 2.14. The Morgan fingerprint density at radius 3 is 1.07 bits per heavy atom. The Morgan fingerprint density at radius 1 is 0.374 bits per heavy atom. The Labute approximate surface area is 582 Å². The van der Waals surface area contributed by atoms with Crippen molar-refractivity contribution in [2.75, 3.05) is 24.3 Å². The lowest BCUT2D eigenvalue weighted by atomic mass is 9.99. The highest BCUT2D eigenvalue weighted by Gasteiger charge is 2.39. The molecule has 39 heteroatoms. The van der Waals surface area contributed by atoms with E-state index in [0.29, 0.717) is 0 Å². The van der Waals surface area contributed by atoms with Crippen LogP contribution in [0.2, 0.25) is 0 Å². The number of nitrogens with two attached hydrogens (primary N) is 2. The molecule has 0 saturated carbocycles. The molecule has 99 heavy (non-hydrogen) atoms. The van der Waals surface area contributed by atoms with E-state index in [-0.39, 0.29) is 54.9 Å². The quantitative estimate of drug-likeness (QED) is 0.0255. The van der Waals surface area contributed by atoms with Crippen LogP contribution in [0.25, 0.3) is 0 Å². The average molecular weight is 1450 g/mol. The van der Waals surface area contributed by atoms with Crippen LogP contribution < -0.4 is 75.3 Å². The van der Waals surface area contributed by atoms with Crippen molar-refractivity contribution in [1.29, 1.82) is 0 Å². The third-order valence-corrected chi connectivity index (χ3v) is 15.4. The van der Waals surface area contributed by atoms with Crippen molar-refractivity contribution in [3.8, 4) is 0 Å². The molecule has 12 atom stereocenters. The van der Waals surface area contributed by atoms with Crippen molar-refractivity contribution in [1.82, 2.24) is 63.8 Å². The first-order valence-corrected chi connectivity index (χ1v) is 33.8. The number of thiol groups is 1.